The highest BCUT2D eigenvalue weighted by Crippen LogP contribution is 2.19. The van der Waals surface area contributed by atoms with Crippen LogP contribution in [0.15, 0.2) is 48.5 Å². The first-order valence-electron chi connectivity index (χ1n) is 9.08. The molecule has 0 saturated carbocycles. The molecule has 0 aliphatic heterocycles. The predicted octanol–water partition coefficient (Wildman–Crippen LogP) is 4.18. The summed E-state index contributed by atoms with van der Waals surface area (Å²) in [5.74, 6) is 0.584. The molecule has 2 N–H and O–H groups in total. The molecule has 0 aliphatic rings. The van der Waals surface area contributed by atoms with Crippen LogP contribution in [0.2, 0.25) is 0 Å². The first-order chi connectivity index (χ1) is 13.1. The fourth-order valence-electron chi connectivity index (χ4n) is 2.56. The molecule has 144 valence electrons. The number of methoxy groups -OCH3 is 1. The molecule has 0 saturated heterocycles. The number of hydrogen-bond acceptors (Lipinski definition) is 4. The molecular formula is C21H26N2O3S. The quantitative estimate of drug-likeness (QED) is 0.383. The van der Waals surface area contributed by atoms with Crippen LogP contribution in [-0.4, -0.2) is 31.3 Å². The van der Waals surface area contributed by atoms with E-state index in [1.807, 2.05) is 24.3 Å². The Morgan fingerprint density at radius 3 is 2.74 bits per heavy atom. The molecule has 0 radical (unpaired) electrons. The molecule has 0 unspecified atom stereocenters. The highest BCUT2D eigenvalue weighted by Gasteiger charge is 2.07. The lowest BCUT2D eigenvalue weighted by Gasteiger charge is -2.13. The summed E-state index contributed by atoms with van der Waals surface area (Å²) < 4.78 is 10.5. The van der Waals surface area contributed by atoms with Crippen LogP contribution >= 0.6 is 12.2 Å². The number of carbonyl (C=O) groups excluding carboxylic acids is 1. The minimum Gasteiger partial charge on any atom is -0.493 e. The molecule has 6 heteroatoms. The summed E-state index contributed by atoms with van der Waals surface area (Å²) in [6, 6.07) is 15.2. The third-order valence-corrected chi connectivity index (χ3v) is 4.13. The molecular weight excluding hydrogens is 360 g/mol. The van der Waals surface area contributed by atoms with Gasteiger partial charge >= 0.3 is 5.97 Å². The summed E-state index contributed by atoms with van der Waals surface area (Å²) in [6.07, 6.45) is 2.83. The number of thiocarbonyl (C=S) groups is 1. The molecule has 0 fully saturated rings. The molecule has 0 bridgehead atoms. The van der Waals surface area contributed by atoms with Crippen molar-refractivity contribution in [2.45, 2.75) is 26.2 Å². The van der Waals surface area contributed by atoms with E-state index >= 15 is 0 Å². The molecule has 0 atom stereocenters. The van der Waals surface area contributed by atoms with Crippen LogP contribution in [-0.2, 0) is 11.2 Å². The Morgan fingerprint density at radius 2 is 1.96 bits per heavy atom. The average molecular weight is 387 g/mol. The van der Waals surface area contributed by atoms with Crippen molar-refractivity contribution >= 4 is 29.0 Å². The van der Waals surface area contributed by atoms with Crippen molar-refractivity contribution in [2.75, 3.05) is 25.6 Å². The van der Waals surface area contributed by atoms with Gasteiger partial charge in [0, 0.05) is 12.2 Å². The van der Waals surface area contributed by atoms with Crippen molar-refractivity contribution in [2.24, 2.45) is 0 Å². The molecule has 0 heterocycles. The monoisotopic (exact) mass is 386 g/mol. The van der Waals surface area contributed by atoms with Gasteiger partial charge in [-0.1, -0.05) is 31.2 Å². The van der Waals surface area contributed by atoms with E-state index in [9.17, 15) is 4.79 Å². The molecule has 0 amide bonds. The molecule has 0 aliphatic carbocycles. The van der Waals surface area contributed by atoms with E-state index in [1.165, 1.54) is 12.7 Å². The molecule has 2 rings (SSSR count). The minimum absolute atomic E-state index is 0.374. The number of aryl methyl sites for hydroxylation is 1. The van der Waals surface area contributed by atoms with Crippen molar-refractivity contribution in [3.05, 3.63) is 59.7 Å². The lowest BCUT2D eigenvalue weighted by molar-refractivity contribution is 0.0601. The van der Waals surface area contributed by atoms with Gasteiger partial charge in [-0.05, 0) is 61.3 Å². The number of benzene rings is 2. The smallest absolute Gasteiger partial charge is 0.337 e. The number of ether oxygens (including phenoxy) is 2. The van der Waals surface area contributed by atoms with Gasteiger partial charge in [0.2, 0.25) is 0 Å². The predicted molar refractivity (Wildman–Crippen MR) is 113 cm³/mol. The Hall–Kier alpha value is -2.60. The molecule has 0 aromatic heterocycles. The Labute approximate surface area is 166 Å². The SMILES string of the molecule is CCCOc1ccccc1CCCNC(=S)Nc1cccc(C(=O)OC)c1. The van der Waals surface area contributed by atoms with E-state index in [-0.39, 0.29) is 5.97 Å². The lowest BCUT2D eigenvalue weighted by Crippen LogP contribution is -2.29. The van der Waals surface area contributed by atoms with Crippen LogP contribution in [0.5, 0.6) is 5.75 Å². The average Bonchev–Trinajstić information content (AvgIpc) is 2.70. The fraction of sp³-hybridized carbons (Fsp3) is 0.333. The fourth-order valence-corrected chi connectivity index (χ4v) is 2.78. The van der Waals surface area contributed by atoms with Crippen molar-refractivity contribution in [3.8, 4) is 5.75 Å². The van der Waals surface area contributed by atoms with Gasteiger partial charge in [-0.25, -0.2) is 4.79 Å². The van der Waals surface area contributed by atoms with Crippen LogP contribution in [0.1, 0.15) is 35.7 Å². The lowest BCUT2D eigenvalue weighted by atomic mass is 10.1. The molecule has 2 aromatic carbocycles. The van der Waals surface area contributed by atoms with E-state index in [4.69, 9.17) is 21.7 Å². The van der Waals surface area contributed by atoms with E-state index in [0.29, 0.717) is 10.7 Å². The van der Waals surface area contributed by atoms with Crippen molar-refractivity contribution < 1.29 is 14.3 Å². The third kappa shape index (κ3) is 6.90. The van der Waals surface area contributed by atoms with Crippen LogP contribution in [0.3, 0.4) is 0 Å². The summed E-state index contributed by atoms with van der Waals surface area (Å²) in [6.45, 7) is 3.57. The Morgan fingerprint density at radius 1 is 1.15 bits per heavy atom. The van der Waals surface area contributed by atoms with E-state index in [2.05, 4.69) is 23.6 Å². The van der Waals surface area contributed by atoms with Crippen molar-refractivity contribution in [1.29, 1.82) is 0 Å². The summed E-state index contributed by atoms with van der Waals surface area (Å²) in [5.41, 5.74) is 2.43. The number of carbonyl (C=O) groups is 1. The van der Waals surface area contributed by atoms with Gasteiger partial charge in [-0.2, -0.15) is 0 Å². The normalized spacial score (nSPS) is 10.1. The van der Waals surface area contributed by atoms with E-state index in [0.717, 1.165) is 43.9 Å². The second kappa shape index (κ2) is 11.2. The van der Waals surface area contributed by atoms with Gasteiger partial charge in [-0.15, -0.1) is 0 Å². The number of nitrogens with one attached hydrogen (secondary N) is 2. The van der Waals surface area contributed by atoms with Crippen LogP contribution in [0, 0.1) is 0 Å². The zero-order chi connectivity index (χ0) is 19.5. The minimum atomic E-state index is -0.374. The highest BCUT2D eigenvalue weighted by atomic mass is 32.1. The van der Waals surface area contributed by atoms with Gasteiger partial charge in [0.1, 0.15) is 5.75 Å². The van der Waals surface area contributed by atoms with Crippen molar-refractivity contribution in [1.82, 2.24) is 5.32 Å². The van der Waals surface area contributed by atoms with E-state index < -0.39 is 0 Å². The van der Waals surface area contributed by atoms with Crippen LogP contribution < -0.4 is 15.4 Å². The summed E-state index contributed by atoms with van der Waals surface area (Å²) in [4.78, 5) is 11.6. The third-order valence-electron chi connectivity index (χ3n) is 3.88. The first-order valence-corrected chi connectivity index (χ1v) is 9.48. The zero-order valence-corrected chi connectivity index (χ0v) is 16.6. The number of para-hydroxylation sites is 1. The van der Waals surface area contributed by atoms with Crippen molar-refractivity contribution in [3.63, 3.8) is 0 Å². The maximum Gasteiger partial charge on any atom is 0.337 e. The number of rotatable bonds is 9. The molecule has 0 spiro atoms. The van der Waals surface area contributed by atoms with Crippen LogP contribution in [0.4, 0.5) is 5.69 Å². The topological polar surface area (TPSA) is 59.6 Å². The number of esters is 1. The Bertz CT molecular complexity index is 765. The second-order valence-electron chi connectivity index (χ2n) is 6.01. The first kappa shape index (κ1) is 20.7. The summed E-state index contributed by atoms with van der Waals surface area (Å²) in [7, 11) is 1.36. The van der Waals surface area contributed by atoms with Gasteiger partial charge in [0.15, 0.2) is 5.11 Å². The zero-order valence-electron chi connectivity index (χ0n) is 15.8. The molecule has 5 nitrogen and oxygen atoms in total. The van der Waals surface area contributed by atoms with Gasteiger partial charge in [0.25, 0.3) is 0 Å². The largest absolute Gasteiger partial charge is 0.493 e. The Kier molecular flexibility index (Phi) is 8.58. The molecule has 27 heavy (non-hydrogen) atoms. The molecule has 2 aromatic rings. The highest BCUT2D eigenvalue weighted by molar-refractivity contribution is 7.80. The van der Waals surface area contributed by atoms with Crippen LogP contribution in [0.25, 0.3) is 0 Å². The Balaban J connectivity index is 1.78. The summed E-state index contributed by atoms with van der Waals surface area (Å²) in [5, 5.41) is 6.80. The maximum absolute atomic E-state index is 11.6. The maximum atomic E-state index is 11.6. The standard InChI is InChI=1S/C21H26N2O3S/c1-3-14-26-19-12-5-4-8-16(19)10-7-13-22-21(27)23-18-11-6-9-17(15-18)20(24)25-2/h4-6,8-9,11-12,15H,3,7,10,13-14H2,1-2H3,(H2,22,23,27). The van der Waals surface area contributed by atoms with E-state index in [1.54, 1.807) is 18.2 Å². The number of anilines is 1. The van der Waals surface area contributed by atoms with Gasteiger partial charge < -0.3 is 20.1 Å². The number of hydrogen-bond donors (Lipinski definition) is 2. The summed E-state index contributed by atoms with van der Waals surface area (Å²) >= 11 is 5.32. The van der Waals surface area contributed by atoms with Gasteiger partial charge in [-0.3, -0.25) is 0 Å². The van der Waals surface area contributed by atoms with Gasteiger partial charge in [0.05, 0.1) is 19.3 Å². The second-order valence-corrected chi connectivity index (χ2v) is 6.42.